The maximum atomic E-state index is 11.6. The van der Waals surface area contributed by atoms with Gasteiger partial charge in [0.05, 0.1) is 12.7 Å². The Morgan fingerprint density at radius 2 is 2.21 bits per heavy atom. The van der Waals surface area contributed by atoms with Crippen molar-refractivity contribution in [3.63, 3.8) is 0 Å². The quantitative estimate of drug-likeness (QED) is 0.447. The predicted octanol–water partition coefficient (Wildman–Crippen LogP) is -0.297. The summed E-state index contributed by atoms with van der Waals surface area (Å²) >= 11 is 0. The van der Waals surface area contributed by atoms with Crippen molar-refractivity contribution in [2.45, 2.75) is 19.8 Å². The molecule has 1 saturated heterocycles. The van der Waals surface area contributed by atoms with Crippen LogP contribution >= 0.6 is 0 Å². The van der Waals surface area contributed by atoms with Crippen LogP contribution in [0.3, 0.4) is 0 Å². The van der Waals surface area contributed by atoms with E-state index in [4.69, 9.17) is 10.00 Å². The third-order valence-corrected chi connectivity index (χ3v) is 2.72. The highest BCUT2D eigenvalue weighted by molar-refractivity contribution is 6.04. The second-order valence-corrected chi connectivity index (χ2v) is 3.72. The second-order valence-electron chi connectivity index (χ2n) is 3.72. The zero-order valence-corrected chi connectivity index (χ0v) is 8.75. The van der Waals surface area contributed by atoms with Crippen molar-refractivity contribution in [1.82, 2.24) is 4.81 Å². The van der Waals surface area contributed by atoms with Crippen molar-refractivity contribution in [1.29, 1.82) is 5.26 Å². The number of carbonyl (C=O) groups is 1. The molecule has 1 heterocycles. The third kappa shape index (κ3) is 2.07. The largest absolute Gasteiger partial charge is 0.465 e. The highest BCUT2D eigenvalue weighted by Crippen LogP contribution is 2.31. The summed E-state index contributed by atoms with van der Waals surface area (Å²) in [6.45, 7) is 3.68. The first-order valence-electron chi connectivity index (χ1n) is 4.91. The molecule has 14 heavy (non-hydrogen) atoms. The molecule has 76 valence electrons. The number of hydrogen-bond donors (Lipinski definition) is 0. The minimum atomic E-state index is -0.886. The first-order chi connectivity index (χ1) is 6.64. The molecule has 0 atom stereocenters. The van der Waals surface area contributed by atoms with E-state index in [2.05, 4.69) is 10.9 Å². The molecule has 0 aromatic heterocycles. The monoisotopic (exact) mass is 194 g/mol. The summed E-state index contributed by atoms with van der Waals surface area (Å²) < 4.78 is 4.93. The van der Waals surface area contributed by atoms with E-state index in [1.807, 2.05) is 7.98 Å². The Labute approximate surface area is 85.3 Å². The predicted molar refractivity (Wildman–Crippen MR) is 54.0 cm³/mol. The third-order valence-electron chi connectivity index (χ3n) is 2.72. The van der Waals surface area contributed by atoms with Crippen LogP contribution in [-0.2, 0) is 9.53 Å². The van der Waals surface area contributed by atoms with Gasteiger partial charge in [0.1, 0.15) is 0 Å². The maximum absolute atomic E-state index is 11.6. The Balaban J connectivity index is 2.68. The fourth-order valence-electron chi connectivity index (χ4n) is 1.63. The summed E-state index contributed by atoms with van der Waals surface area (Å²) in [5.41, 5.74) is -0.886. The molecule has 1 rings (SSSR count). The van der Waals surface area contributed by atoms with E-state index in [1.165, 1.54) is 0 Å². The minimum Gasteiger partial charge on any atom is -0.465 e. The number of nitriles is 1. The van der Waals surface area contributed by atoms with E-state index in [-0.39, 0.29) is 5.97 Å². The maximum Gasteiger partial charge on any atom is 0.326 e. The summed E-state index contributed by atoms with van der Waals surface area (Å²) in [5.74, 6) is -0.351. The average Bonchev–Trinajstić information content (AvgIpc) is 2.20. The number of hydrogen-bond acceptors (Lipinski definition) is 4. The van der Waals surface area contributed by atoms with Gasteiger partial charge in [-0.25, -0.2) is 0 Å². The molecular formula is C9H15BN2O2. The fraction of sp³-hybridized carbons (Fsp3) is 0.778. The van der Waals surface area contributed by atoms with Crippen molar-refractivity contribution in [2.24, 2.45) is 5.41 Å². The van der Waals surface area contributed by atoms with Crippen molar-refractivity contribution < 1.29 is 9.53 Å². The van der Waals surface area contributed by atoms with Crippen LogP contribution in [0.25, 0.3) is 0 Å². The van der Waals surface area contributed by atoms with E-state index in [9.17, 15) is 4.79 Å². The van der Waals surface area contributed by atoms with Gasteiger partial charge in [-0.15, -0.1) is 0 Å². The Bertz CT molecular complexity index is 254. The lowest BCUT2D eigenvalue weighted by molar-refractivity contribution is -0.153. The van der Waals surface area contributed by atoms with E-state index >= 15 is 0 Å². The zero-order valence-electron chi connectivity index (χ0n) is 8.75. The molecule has 5 heteroatoms. The van der Waals surface area contributed by atoms with Crippen molar-refractivity contribution in [3.8, 4) is 6.07 Å². The van der Waals surface area contributed by atoms with Crippen LogP contribution in [0.2, 0.25) is 0 Å². The Kier molecular flexibility index (Phi) is 3.53. The first kappa shape index (κ1) is 11.1. The van der Waals surface area contributed by atoms with E-state index in [0.29, 0.717) is 19.4 Å². The number of carbonyl (C=O) groups excluding carboxylic acids is 1. The lowest BCUT2D eigenvalue weighted by Crippen LogP contribution is -2.43. The molecule has 0 saturated carbocycles. The summed E-state index contributed by atoms with van der Waals surface area (Å²) in [6.07, 6.45) is 1.16. The zero-order chi connectivity index (χ0) is 10.6. The van der Waals surface area contributed by atoms with Crippen LogP contribution in [0.4, 0.5) is 0 Å². The standard InChI is InChI=1S/C9H15BN2O2/c1-2-14-8(13)9(7-11)3-5-12(10)6-4-9/h2-6,10H2,1H3. The molecule has 0 radical (unpaired) electrons. The smallest absolute Gasteiger partial charge is 0.326 e. The summed E-state index contributed by atoms with van der Waals surface area (Å²) in [5, 5.41) is 9.06. The second kappa shape index (κ2) is 4.47. The molecule has 0 aromatic rings. The number of nitrogens with zero attached hydrogens (tertiary/aromatic N) is 2. The Morgan fingerprint density at radius 1 is 1.64 bits per heavy atom. The SMILES string of the molecule is BN1CCC(C#N)(C(=O)OCC)CC1. The molecule has 1 aliphatic rings. The van der Waals surface area contributed by atoms with Gasteiger partial charge < -0.3 is 9.55 Å². The number of piperidine rings is 1. The van der Waals surface area contributed by atoms with Crippen molar-refractivity contribution in [2.75, 3.05) is 19.7 Å². The van der Waals surface area contributed by atoms with Crippen molar-refractivity contribution >= 4 is 14.0 Å². The van der Waals surface area contributed by atoms with Gasteiger partial charge in [-0.3, -0.25) is 4.79 Å². The molecule has 0 spiro atoms. The van der Waals surface area contributed by atoms with Crippen LogP contribution in [0.15, 0.2) is 0 Å². The molecule has 1 fully saturated rings. The van der Waals surface area contributed by atoms with Gasteiger partial charge in [-0.05, 0) is 32.9 Å². The van der Waals surface area contributed by atoms with Crippen LogP contribution in [0, 0.1) is 16.7 Å². The summed E-state index contributed by atoms with van der Waals surface area (Å²) in [6, 6.07) is 2.12. The Morgan fingerprint density at radius 3 is 2.64 bits per heavy atom. The van der Waals surface area contributed by atoms with Gasteiger partial charge >= 0.3 is 5.97 Å². The molecular weight excluding hydrogens is 179 g/mol. The van der Waals surface area contributed by atoms with Gasteiger partial charge in [0, 0.05) is 0 Å². The van der Waals surface area contributed by atoms with Gasteiger partial charge in [0.2, 0.25) is 0 Å². The first-order valence-corrected chi connectivity index (χ1v) is 4.91. The average molecular weight is 194 g/mol. The lowest BCUT2D eigenvalue weighted by atomic mass is 9.79. The van der Waals surface area contributed by atoms with Gasteiger partial charge in [0.15, 0.2) is 13.4 Å². The molecule has 0 N–H and O–H groups in total. The normalized spacial score (nSPS) is 21.1. The van der Waals surface area contributed by atoms with Crippen LogP contribution in [-0.4, -0.2) is 38.5 Å². The molecule has 4 nitrogen and oxygen atoms in total. The topological polar surface area (TPSA) is 53.3 Å². The Hall–Kier alpha value is -1.02. The number of rotatable bonds is 2. The lowest BCUT2D eigenvalue weighted by Gasteiger charge is -2.33. The molecule has 0 aliphatic carbocycles. The molecule has 0 aromatic carbocycles. The van der Waals surface area contributed by atoms with Gasteiger partial charge in [-0.2, -0.15) is 5.26 Å². The van der Waals surface area contributed by atoms with Crippen molar-refractivity contribution in [3.05, 3.63) is 0 Å². The van der Waals surface area contributed by atoms with E-state index in [1.54, 1.807) is 6.92 Å². The summed E-state index contributed by atoms with van der Waals surface area (Å²) in [4.78, 5) is 13.7. The van der Waals surface area contributed by atoms with Gasteiger partial charge in [-0.1, -0.05) is 0 Å². The highest BCUT2D eigenvalue weighted by Gasteiger charge is 2.42. The molecule has 0 bridgehead atoms. The van der Waals surface area contributed by atoms with Crippen LogP contribution in [0.1, 0.15) is 19.8 Å². The highest BCUT2D eigenvalue weighted by atomic mass is 16.5. The van der Waals surface area contributed by atoms with Crippen LogP contribution in [0.5, 0.6) is 0 Å². The van der Waals surface area contributed by atoms with E-state index in [0.717, 1.165) is 13.1 Å². The minimum absolute atomic E-state index is 0.345. The fourth-order valence-corrected chi connectivity index (χ4v) is 1.63. The number of ether oxygens (including phenoxy) is 1. The van der Waals surface area contributed by atoms with Crippen LogP contribution < -0.4 is 0 Å². The molecule has 0 amide bonds. The summed E-state index contributed by atoms with van der Waals surface area (Å²) in [7, 11) is 1.99. The number of esters is 1. The van der Waals surface area contributed by atoms with Gasteiger partial charge in [0.25, 0.3) is 0 Å². The molecule has 0 unspecified atom stereocenters. The molecule has 1 aliphatic heterocycles. The van der Waals surface area contributed by atoms with E-state index < -0.39 is 5.41 Å².